The third kappa shape index (κ3) is 5.02. The van der Waals surface area contributed by atoms with Crippen molar-refractivity contribution in [1.29, 1.82) is 5.26 Å². The molecular weight excluding hydrogens is 330 g/mol. The number of hydrogen-bond donors (Lipinski definition) is 2. The highest BCUT2D eigenvalue weighted by molar-refractivity contribution is 5.94. The molecule has 1 aromatic carbocycles. The highest BCUT2D eigenvalue weighted by Gasteiger charge is 2.11. The number of rotatable bonds is 6. The Balaban J connectivity index is 1.53. The van der Waals surface area contributed by atoms with Crippen LogP contribution in [-0.4, -0.2) is 55.2 Å². The molecule has 0 saturated carbocycles. The molecular formula is C19H21N5O2. The molecule has 0 spiro atoms. The van der Waals surface area contributed by atoms with Crippen LogP contribution in [-0.2, 0) is 4.74 Å². The first-order valence-corrected chi connectivity index (χ1v) is 8.56. The number of aromatic nitrogens is 1. The molecule has 2 heterocycles. The summed E-state index contributed by atoms with van der Waals surface area (Å²) in [6.07, 6.45) is 1.60. The van der Waals surface area contributed by atoms with Gasteiger partial charge in [0.2, 0.25) is 0 Å². The first-order chi connectivity index (χ1) is 12.7. The van der Waals surface area contributed by atoms with E-state index in [1.807, 2.05) is 0 Å². The third-order valence-electron chi connectivity index (χ3n) is 4.13. The van der Waals surface area contributed by atoms with Crippen LogP contribution in [0.3, 0.4) is 0 Å². The van der Waals surface area contributed by atoms with Crippen LogP contribution in [0.2, 0.25) is 0 Å². The number of nitrogens with one attached hydrogen (secondary N) is 2. The fourth-order valence-corrected chi connectivity index (χ4v) is 2.67. The lowest BCUT2D eigenvalue weighted by Gasteiger charge is -2.26. The highest BCUT2D eigenvalue weighted by atomic mass is 16.5. The van der Waals surface area contributed by atoms with Gasteiger partial charge in [-0.05, 0) is 36.4 Å². The van der Waals surface area contributed by atoms with Crippen molar-refractivity contribution in [3.8, 4) is 6.07 Å². The number of nitrogens with zero attached hydrogens (tertiary/aromatic N) is 3. The number of nitriles is 1. The van der Waals surface area contributed by atoms with Gasteiger partial charge in [0.15, 0.2) is 0 Å². The van der Waals surface area contributed by atoms with Crippen LogP contribution in [0.1, 0.15) is 15.9 Å². The molecule has 0 atom stereocenters. The molecule has 1 aliphatic rings. The number of morpholine rings is 1. The number of pyridine rings is 1. The van der Waals surface area contributed by atoms with Crippen molar-refractivity contribution in [2.45, 2.75) is 0 Å². The Bertz CT molecular complexity index is 779. The standard InChI is InChI=1S/C19H21N5O2/c20-14-15-1-3-17(4-2-15)23-18-13-16(5-6-21-18)19(25)22-7-8-24-9-11-26-12-10-24/h1-6,13H,7-12H2,(H,21,23)(H,22,25). The number of benzene rings is 1. The molecule has 0 unspecified atom stereocenters. The van der Waals surface area contributed by atoms with Gasteiger partial charge in [-0.3, -0.25) is 9.69 Å². The number of carbonyl (C=O) groups is 1. The van der Waals surface area contributed by atoms with Crippen molar-refractivity contribution in [3.05, 3.63) is 53.7 Å². The van der Waals surface area contributed by atoms with Crippen molar-refractivity contribution in [2.75, 3.05) is 44.7 Å². The lowest BCUT2D eigenvalue weighted by atomic mass is 10.2. The molecule has 134 valence electrons. The maximum absolute atomic E-state index is 12.3. The largest absolute Gasteiger partial charge is 0.379 e. The van der Waals surface area contributed by atoms with E-state index >= 15 is 0 Å². The molecule has 0 aliphatic carbocycles. The van der Waals surface area contributed by atoms with E-state index in [1.54, 1.807) is 42.6 Å². The Morgan fingerprint density at radius 2 is 2.00 bits per heavy atom. The van der Waals surface area contributed by atoms with Crippen molar-refractivity contribution in [1.82, 2.24) is 15.2 Å². The first-order valence-electron chi connectivity index (χ1n) is 8.56. The first kappa shape index (κ1) is 17.9. The van der Waals surface area contributed by atoms with E-state index in [4.69, 9.17) is 10.00 Å². The van der Waals surface area contributed by atoms with Gasteiger partial charge >= 0.3 is 0 Å². The normalized spacial score (nSPS) is 14.4. The van der Waals surface area contributed by atoms with Gasteiger partial charge in [0.25, 0.3) is 5.91 Å². The number of ether oxygens (including phenoxy) is 1. The van der Waals surface area contributed by atoms with Crippen LogP contribution in [0.15, 0.2) is 42.6 Å². The Kier molecular flexibility index (Phi) is 6.14. The minimum absolute atomic E-state index is 0.122. The number of hydrogen-bond acceptors (Lipinski definition) is 6. The van der Waals surface area contributed by atoms with Crippen LogP contribution >= 0.6 is 0 Å². The average molecular weight is 351 g/mol. The van der Waals surface area contributed by atoms with Gasteiger partial charge in [-0.25, -0.2) is 4.98 Å². The fraction of sp³-hybridized carbons (Fsp3) is 0.316. The van der Waals surface area contributed by atoms with Crippen LogP contribution in [0.25, 0.3) is 0 Å². The molecule has 1 fully saturated rings. The van der Waals surface area contributed by atoms with Crippen LogP contribution in [0, 0.1) is 11.3 Å². The molecule has 1 amide bonds. The van der Waals surface area contributed by atoms with Gasteiger partial charge in [-0.1, -0.05) is 0 Å². The van der Waals surface area contributed by atoms with Crippen molar-refractivity contribution >= 4 is 17.4 Å². The fourth-order valence-electron chi connectivity index (χ4n) is 2.67. The summed E-state index contributed by atoms with van der Waals surface area (Å²) in [6, 6.07) is 12.5. The van der Waals surface area contributed by atoms with Crippen molar-refractivity contribution in [2.24, 2.45) is 0 Å². The topological polar surface area (TPSA) is 90.3 Å². The monoisotopic (exact) mass is 351 g/mol. The Morgan fingerprint density at radius 3 is 2.73 bits per heavy atom. The van der Waals surface area contributed by atoms with E-state index in [9.17, 15) is 4.79 Å². The second-order valence-corrected chi connectivity index (χ2v) is 5.95. The molecule has 0 radical (unpaired) electrons. The Labute approximate surface area is 152 Å². The van der Waals surface area contributed by atoms with Crippen LogP contribution < -0.4 is 10.6 Å². The highest BCUT2D eigenvalue weighted by Crippen LogP contribution is 2.16. The van der Waals surface area contributed by atoms with Gasteiger partial charge in [0, 0.05) is 43.6 Å². The van der Waals surface area contributed by atoms with Gasteiger partial charge < -0.3 is 15.4 Å². The summed E-state index contributed by atoms with van der Waals surface area (Å²) in [6.45, 7) is 4.73. The average Bonchev–Trinajstić information content (AvgIpc) is 2.69. The minimum atomic E-state index is -0.122. The van der Waals surface area contributed by atoms with E-state index in [0.717, 1.165) is 38.5 Å². The summed E-state index contributed by atoms with van der Waals surface area (Å²) >= 11 is 0. The molecule has 2 N–H and O–H groups in total. The van der Waals surface area contributed by atoms with Crippen LogP contribution in [0.5, 0.6) is 0 Å². The quantitative estimate of drug-likeness (QED) is 0.824. The molecule has 7 nitrogen and oxygen atoms in total. The smallest absolute Gasteiger partial charge is 0.251 e. The maximum atomic E-state index is 12.3. The predicted molar refractivity (Wildman–Crippen MR) is 98.3 cm³/mol. The molecule has 3 rings (SSSR count). The van der Waals surface area contributed by atoms with E-state index in [2.05, 4.69) is 26.6 Å². The second kappa shape index (κ2) is 8.94. The summed E-state index contributed by atoms with van der Waals surface area (Å²) in [4.78, 5) is 18.8. The molecule has 2 aromatic rings. The van der Waals surface area contributed by atoms with Gasteiger partial charge in [0.05, 0.1) is 24.8 Å². The summed E-state index contributed by atoms with van der Waals surface area (Å²) in [5, 5.41) is 14.9. The zero-order valence-corrected chi connectivity index (χ0v) is 14.4. The van der Waals surface area contributed by atoms with Gasteiger partial charge in [0.1, 0.15) is 5.82 Å². The summed E-state index contributed by atoms with van der Waals surface area (Å²) in [7, 11) is 0. The number of anilines is 2. The van der Waals surface area contributed by atoms with E-state index in [-0.39, 0.29) is 5.91 Å². The van der Waals surface area contributed by atoms with Crippen LogP contribution in [0.4, 0.5) is 11.5 Å². The third-order valence-corrected chi connectivity index (χ3v) is 4.13. The lowest BCUT2D eigenvalue weighted by molar-refractivity contribution is 0.0383. The van der Waals surface area contributed by atoms with E-state index < -0.39 is 0 Å². The Hall–Kier alpha value is -2.95. The summed E-state index contributed by atoms with van der Waals surface area (Å²) in [5.41, 5.74) is 1.96. The SMILES string of the molecule is N#Cc1ccc(Nc2cc(C(=O)NCCN3CCOCC3)ccn2)cc1. The number of carbonyl (C=O) groups excluding carboxylic acids is 1. The van der Waals surface area contributed by atoms with E-state index in [1.165, 1.54) is 0 Å². The number of amides is 1. The molecule has 0 bridgehead atoms. The molecule has 1 aromatic heterocycles. The van der Waals surface area contributed by atoms with Crippen molar-refractivity contribution < 1.29 is 9.53 Å². The summed E-state index contributed by atoms with van der Waals surface area (Å²) < 4.78 is 5.31. The zero-order chi connectivity index (χ0) is 18.2. The Morgan fingerprint density at radius 1 is 1.23 bits per heavy atom. The van der Waals surface area contributed by atoms with Gasteiger partial charge in [-0.15, -0.1) is 0 Å². The predicted octanol–water partition coefficient (Wildman–Crippen LogP) is 1.76. The minimum Gasteiger partial charge on any atom is -0.379 e. The molecule has 7 heteroatoms. The van der Waals surface area contributed by atoms with Crippen molar-refractivity contribution in [3.63, 3.8) is 0 Å². The maximum Gasteiger partial charge on any atom is 0.251 e. The molecule has 1 aliphatic heterocycles. The molecule has 26 heavy (non-hydrogen) atoms. The second-order valence-electron chi connectivity index (χ2n) is 5.95. The van der Waals surface area contributed by atoms with E-state index in [0.29, 0.717) is 23.5 Å². The lowest BCUT2D eigenvalue weighted by Crippen LogP contribution is -2.41. The summed E-state index contributed by atoms with van der Waals surface area (Å²) in [5.74, 6) is 0.457. The zero-order valence-electron chi connectivity index (χ0n) is 14.4. The van der Waals surface area contributed by atoms with Gasteiger partial charge in [-0.2, -0.15) is 5.26 Å². The molecule has 1 saturated heterocycles.